The van der Waals surface area contributed by atoms with Gasteiger partial charge in [-0.15, -0.1) is 0 Å². The van der Waals surface area contributed by atoms with Crippen LogP contribution < -0.4 is 5.32 Å². The van der Waals surface area contributed by atoms with Crippen molar-refractivity contribution < 1.29 is 19.4 Å². The Bertz CT molecular complexity index is 708. The lowest BCUT2D eigenvalue weighted by Gasteiger charge is -2.36. The number of carbonyl (C=O) groups is 2. The maximum atomic E-state index is 12.0. The van der Waals surface area contributed by atoms with Crippen molar-refractivity contribution in [2.45, 2.75) is 82.5 Å². The Morgan fingerprint density at radius 3 is 2.29 bits per heavy atom. The fraction of sp³-hybridized carbons (Fsp3) is 0.619. The molecule has 1 aromatic carbocycles. The van der Waals surface area contributed by atoms with E-state index in [1.165, 1.54) is 5.56 Å². The molecular weight excluding hydrogens is 424 g/mol. The number of ether oxygens (including phenoxy) is 1. The summed E-state index contributed by atoms with van der Waals surface area (Å²) in [6.45, 7) is 5.52. The second-order valence-electron chi connectivity index (χ2n) is 8.80. The van der Waals surface area contributed by atoms with E-state index in [4.69, 9.17) is 4.74 Å². The van der Waals surface area contributed by atoms with Gasteiger partial charge >= 0.3 is 12.2 Å². The first-order valence-corrected chi connectivity index (χ1v) is 10.7. The van der Waals surface area contributed by atoms with E-state index in [-0.39, 0.29) is 24.0 Å². The molecule has 2 N–H and O–H groups in total. The lowest BCUT2D eigenvalue weighted by atomic mass is 9.90. The topological polar surface area (TPSA) is 78.9 Å². The molecule has 2 atom stereocenters. The van der Waals surface area contributed by atoms with Crippen LogP contribution in [-0.2, 0) is 4.74 Å². The van der Waals surface area contributed by atoms with Crippen LogP contribution in [-0.4, -0.2) is 45.9 Å². The molecular formula is C21H29BrN2O4. The van der Waals surface area contributed by atoms with Crippen molar-refractivity contribution in [2.24, 2.45) is 0 Å². The molecule has 2 saturated carbocycles. The largest absolute Gasteiger partial charge is 0.465 e. The van der Waals surface area contributed by atoms with Gasteiger partial charge in [-0.05, 0) is 70.6 Å². The first-order chi connectivity index (χ1) is 13.1. The summed E-state index contributed by atoms with van der Waals surface area (Å²) in [5, 5.41) is 12.7. The average molecular weight is 453 g/mol. The highest BCUT2D eigenvalue weighted by Crippen LogP contribution is 2.47. The van der Waals surface area contributed by atoms with E-state index in [1.54, 1.807) is 4.90 Å². The number of carboxylic acid groups (broad SMARTS) is 1. The maximum absolute atomic E-state index is 12.0. The lowest BCUT2D eigenvalue weighted by molar-refractivity contribution is 0.0471. The number of alkyl carbamates (subject to hydrolysis) is 1. The Balaban J connectivity index is 1.54. The fourth-order valence-electron chi connectivity index (χ4n) is 4.10. The van der Waals surface area contributed by atoms with E-state index in [0.29, 0.717) is 0 Å². The summed E-state index contributed by atoms with van der Waals surface area (Å²) in [5.41, 5.74) is 0.676. The van der Waals surface area contributed by atoms with Crippen LogP contribution in [0, 0.1) is 0 Å². The summed E-state index contributed by atoms with van der Waals surface area (Å²) < 4.78 is 6.34. The first-order valence-electron chi connectivity index (χ1n) is 9.90. The predicted octanol–water partition coefficient (Wildman–Crippen LogP) is 5.12. The smallest absolute Gasteiger partial charge is 0.407 e. The third-order valence-corrected chi connectivity index (χ3v) is 5.97. The highest BCUT2D eigenvalue weighted by molar-refractivity contribution is 9.10. The van der Waals surface area contributed by atoms with Crippen LogP contribution >= 0.6 is 15.9 Å². The monoisotopic (exact) mass is 452 g/mol. The number of carbonyl (C=O) groups excluding carboxylic acids is 1. The second-order valence-corrected chi connectivity index (χ2v) is 9.72. The number of benzene rings is 1. The minimum Gasteiger partial charge on any atom is -0.465 e. The molecule has 2 amide bonds. The van der Waals surface area contributed by atoms with E-state index in [9.17, 15) is 14.7 Å². The summed E-state index contributed by atoms with van der Waals surface area (Å²) in [6, 6.07) is 8.25. The number of hydrogen-bond donors (Lipinski definition) is 2. The Morgan fingerprint density at radius 1 is 1.14 bits per heavy atom. The van der Waals surface area contributed by atoms with Crippen molar-refractivity contribution in [3.63, 3.8) is 0 Å². The molecule has 28 heavy (non-hydrogen) atoms. The van der Waals surface area contributed by atoms with Crippen LogP contribution in [0.3, 0.4) is 0 Å². The normalized spacial score (nSPS) is 27.0. The average Bonchev–Trinajstić information content (AvgIpc) is 3.35. The summed E-state index contributed by atoms with van der Waals surface area (Å²) >= 11 is 3.44. The molecule has 2 fully saturated rings. The van der Waals surface area contributed by atoms with E-state index in [1.807, 2.05) is 32.9 Å². The molecule has 2 aliphatic carbocycles. The number of rotatable bonds is 4. The molecule has 0 radical (unpaired) electrons. The number of hydrogen-bond acceptors (Lipinski definition) is 3. The van der Waals surface area contributed by atoms with Gasteiger partial charge in [-0.1, -0.05) is 28.1 Å². The number of nitrogens with one attached hydrogen (secondary N) is 1. The third-order valence-electron chi connectivity index (χ3n) is 5.44. The van der Waals surface area contributed by atoms with Gasteiger partial charge in [0, 0.05) is 28.5 Å². The van der Waals surface area contributed by atoms with E-state index >= 15 is 0 Å². The zero-order valence-corrected chi connectivity index (χ0v) is 18.2. The molecule has 3 rings (SSSR count). The Labute approximate surface area is 174 Å². The van der Waals surface area contributed by atoms with Gasteiger partial charge in [-0.3, -0.25) is 0 Å². The molecule has 0 aliphatic heterocycles. The Hall–Kier alpha value is -1.76. The fourth-order valence-corrected chi connectivity index (χ4v) is 4.36. The van der Waals surface area contributed by atoms with Crippen LogP contribution in [0.4, 0.5) is 9.59 Å². The molecule has 7 heteroatoms. The van der Waals surface area contributed by atoms with Crippen LogP contribution in [0.2, 0.25) is 0 Å². The number of halogens is 1. The zero-order valence-electron chi connectivity index (χ0n) is 16.7. The molecule has 1 aromatic rings. The van der Waals surface area contributed by atoms with Gasteiger partial charge in [0.15, 0.2) is 0 Å². The molecule has 6 nitrogen and oxygen atoms in total. The van der Waals surface area contributed by atoms with Gasteiger partial charge in [0.1, 0.15) is 5.60 Å². The van der Waals surface area contributed by atoms with Crippen LogP contribution in [0.1, 0.15) is 64.4 Å². The van der Waals surface area contributed by atoms with Gasteiger partial charge in [-0.25, -0.2) is 9.59 Å². The quantitative estimate of drug-likeness (QED) is 0.663. The molecule has 2 aliphatic rings. The summed E-state index contributed by atoms with van der Waals surface area (Å²) in [5.74, 6) is 0.279. The molecule has 0 spiro atoms. The number of amides is 2. The molecule has 154 valence electrons. The first kappa shape index (κ1) is 21.0. The van der Waals surface area contributed by atoms with Crippen molar-refractivity contribution in [2.75, 3.05) is 0 Å². The van der Waals surface area contributed by atoms with Crippen molar-refractivity contribution in [1.82, 2.24) is 10.2 Å². The zero-order chi connectivity index (χ0) is 20.5. The predicted molar refractivity (Wildman–Crippen MR) is 111 cm³/mol. The SMILES string of the molecule is CC(C)(C)OC(=O)N[C@H]1CC[C@H](N(C(=O)O)C2CC2c2ccc(Br)cc2)CC1. The van der Waals surface area contributed by atoms with E-state index in [2.05, 4.69) is 33.4 Å². The minimum atomic E-state index is -0.840. The van der Waals surface area contributed by atoms with Gasteiger partial charge in [-0.2, -0.15) is 0 Å². The molecule has 0 aromatic heterocycles. The van der Waals surface area contributed by atoms with Gasteiger partial charge in [0.2, 0.25) is 0 Å². The second kappa shape index (κ2) is 8.31. The van der Waals surface area contributed by atoms with Gasteiger partial charge in [0.05, 0.1) is 0 Å². The summed E-state index contributed by atoms with van der Waals surface area (Å²) in [4.78, 5) is 25.6. The standard InChI is InChI=1S/C21H29BrN2O4/c1-21(2,3)28-19(25)23-15-8-10-16(11-9-15)24(20(26)27)18-12-17(18)13-4-6-14(22)7-5-13/h4-7,15-18H,8-12H2,1-3H3,(H,23,25)(H,26,27)/t15-,16-,17?,18?. The molecule has 0 bridgehead atoms. The van der Waals surface area contributed by atoms with Crippen molar-refractivity contribution in [1.29, 1.82) is 0 Å². The molecule has 2 unspecified atom stereocenters. The molecule has 0 saturated heterocycles. The van der Waals surface area contributed by atoms with Crippen LogP contribution in [0.15, 0.2) is 28.7 Å². The Morgan fingerprint density at radius 2 is 1.75 bits per heavy atom. The summed E-state index contributed by atoms with van der Waals surface area (Å²) in [7, 11) is 0. The third kappa shape index (κ3) is 5.40. The minimum absolute atomic E-state index is 0.0136. The molecule has 0 heterocycles. The van der Waals surface area contributed by atoms with Crippen molar-refractivity contribution in [3.05, 3.63) is 34.3 Å². The van der Waals surface area contributed by atoms with Gasteiger partial charge < -0.3 is 20.1 Å². The summed E-state index contributed by atoms with van der Waals surface area (Å²) in [6.07, 6.45) is 2.69. The van der Waals surface area contributed by atoms with Crippen LogP contribution in [0.5, 0.6) is 0 Å². The van der Waals surface area contributed by atoms with E-state index in [0.717, 1.165) is 36.6 Å². The van der Waals surface area contributed by atoms with Crippen molar-refractivity contribution in [3.8, 4) is 0 Å². The lowest BCUT2D eigenvalue weighted by Crippen LogP contribution is -2.47. The highest BCUT2D eigenvalue weighted by Gasteiger charge is 2.48. The van der Waals surface area contributed by atoms with Gasteiger partial charge in [0.25, 0.3) is 0 Å². The Kier molecular flexibility index (Phi) is 6.22. The van der Waals surface area contributed by atoms with Crippen LogP contribution in [0.25, 0.3) is 0 Å². The van der Waals surface area contributed by atoms with E-state index < -0.39 is 17.8 Å². The maximum Gasteiger partial charge on any atom is 0.407 e. The van der Waals surface area contributed by atoms with Crippen molar-refractivity contribution >= 4 is 28.1 Å². The highest BCUT2D eigenvalue weighted by atomic mass is 79.9. The number of nitrogens with zero attached hydrogens (tertiary/aromatic N) is 1.